The van der Waals surface area contributed by atoms with Crippen molar-refractivity contribution in [3.8, 4) is 0 Å². The standard InChI is InChI=1S/C15H18FN3/c1-3-6-18-12-8-13(10-17-9-12)19-15-5-4-11(2)7-14(15)16/h4-5,7-10,18-19H,3,6H2,1-2H3. The van der Waals surface area contributed by atoms with Crippen molar-refractivity contribution in [3.63, 3.8) is 0 Å². The topological polar surface area (TPSA) is 37.0 Å². The molecule has 1 heterocycles. The lowest BCUT2D eigenvalue weighted by Crippen LogP contribution is -2.01. The fraction of sp³-hybridized carbons (Fsp3) is 0.267. The van der Waals surface area contributed by atoms with E-state index in [4.69, 9.17) is 0 Å². The average Bonchev–Trinajstić information content (AvgIpc) is 2.40. The van der Waals surface area contributed by atoms with Crippen LogP contribution in [0.4, 0.5) is 21.5 Å². The Labute approximate surface area is 112 Å². The highest BCUT2D eigenvalue weighted by Gasteiger charge is 2.03. The smallest absolute Gasteiger partial charge is 0.146 e. The highest BCUT2D eigenvalue weighted by atomic mass is 19.1. The monoisotopic (exact) mass is 259 g/mol. The number of benzene rings is 1. The quantitative estimate of drug-likeness (QED) is 0.849. The van der Waals surface area contributed by atoms with Crippen LogP contribution in [0.2, 0.25) is 0 Å². The minimum Gasteiger partial charge on any atom is -0.384 e. The number of anilines is 3. The number of hydrogen-bond donors (Lipinski definition) is 2. The van der Waals surface area contributed by atoms with E-state index < -0.39 is 0 Å². The molecule has 1 aromatic heterocycles. The van der Waals surface area contributed by atoms with E-state index in [0.717, 1.165) is 29.9 Å². The second-order valence-electron chi connectivity index (χ2n) is 4.50. The van der Waals surface area contributed by atoms with Crippen molar-refractivity contribution >= 4 is 17.1 Å². The van der Waals surface area contributed by atoms with Crippen LogP contribution in [0.1, 0.15) is 18.9 Å². The van der Waals surface area contributed by atoms with E-state index in [-0.39, 0.29) is 5.82 Å². The summed E-state index contributed by atoms with van der Waals surface area (Å²) >= 11 is 0. The Kier molecular flexibility index (Phi) is 4.34. The Morgan fingerprint density at radius 2 is 1.95 bits per heavy atom. The van der Waals surface area contributed by atoms with Gasteiger partial charge in [-0.15, -0.1) is 0 Å². The van der Waals surface area contributed by atoms with Gasteiger partial charge in [0, 0.05) is 6.54 Å². The fourth-order valence-electron chi connectivity index (χ4n) is 1.75. The van der Waals surface area contributed by atoms with Gasteiger partial charge < -0.3 is 10.6 Å². The Bertz CT molecular complexity index is 555. The molecule has 0 radical (unpaired) electrons. The van der Waals surface area contributed by atoms with Gasteiger partial charge >= 0.3 is 0 Å². The van der Waals surface area contributed by atoms with Crippen LogP contribution in [0, 0.1) is 12.7 Å². The number of pyridine rings is 1. The molecular formula is C15H18FN3. The van der Waals surface area contributed by atoms with E-state index in [9.17, 15) is 4.39 Å². The van der Waals surface area contributed by atoms with E-state index in [2.05, 4.69) is 22.5 Å². The molecule has 2 N–H and O–H groups in total. The zero-order chi connectivity index (χ0) is 13.7. The van der Waals surface area contributed by atoms with Gasteiger partial charge in [-0.2, -0.15) is 0 Å². The van der Waals surface area contributed by atoms with E-state index in [1.165, 1.54) is 6.07 Å². The van der Waals surface area contributed by atoms with Crippen molar-refractivity contribution in [1.29, 1.82) is 0 Å². The predicted molar refractivity (Wildman–Crippen MR) is 77.4 cm³/mol. The minimum absolute atomic E-state index is 0.257. The SMILES string of the molecule is CCCNc1cncc(Nc2ccc(C)cc2F)c1. The Hall–Kier alpha value is -2.10. The first-order chi connectivity index (χ1) is 9.19. The molecule has 0 fully saturated rings. The van der Waals surface area contributed by atoms with E-state index in [0.29, 0.717) is 5.69 Å². The summed E-state index contributed by atoms with van der Waals surface area (Å²) in [7, 11) is 0. The second kappa shape index (κ2) is 6.18. The number of aromatic nitrogens is 1. The summed E-state index contributed by atoms with van der Waals surface area (Å²) in [5, 5.41) is 6.29. The first-order valence-corrected chi connectivity index (χ1v) is 6.41. The molecule has 1 aromatic carbocycles. The third-order valence-electron chi connectivity index (χ3n) is 2.72. The molecule has 0 spiro atoms. The number of nitrogens with one attached hydrogen (secondary N) is 2. The molecule has 100 valence electrons. The normalized spacial score (nSPS) is 10.3. The lowest BCUT2D eigenvalue weighted by Gasteiger charge is -2.10. The molecule has 0 saturated carbocycles. The third-order valence-corrected chi connectivity index (χ3v) is 2.72. The molecule has 0 aliphatic heterocycles. The van der Waals surface area contributed by atoms with Crippen LogP contribution in [0.15, 0.2) is 36.7 Å². The first-order valence-electron chi connectivity index (χ1n) is 6.41. The van der Waals surface area contributed by atoms with Crippen molar-refractivity contribution in [2.24, 2.45) is 0 Å². The van der Waals surface area contributed by atoms with Crippen LogP contribution >= 0.6 is 0 Å². The number of aryl methyl sites for hydroxylation is 1. The van der Waals surface area contributed by atoms with Crippen LogP contribution in [0.25, 0.3) is 0 Å². The highest BCUT2D eigenvalue weighted by Crippen LogP contribution is 2.22. The van der Waals surface area contributed by atoms with Gasteiger partial charge in [-0.1, -0.05) is 13.0 Å². The maximum Gasteiger partial charge on any atom is 0.146 e. The summed E-state index contributed by atoms with van der Waals surface area (Å²) in [4.78, 5) is 4.13. The molecule has 0 atom stereocenters. The van der Waals surface area contributed by atoms with E-state index in [1.54, 1.807) is 18.5 Å². The predicted octanol–water partition coefficient (Wildman–Crippen LogP) is 4.09. The van der Waals surface area contributed by atoms with Crippen molar-refractivity contribution in [3.05, 3.63) is 48.0 Å². The van der Waals surface area contributed by atoms with Crippen molar-refractivity contribution < 1.29 is 4.39 Å². The van der Waals surface area contributed by atoms with Gasteiger partial charge in [0.05, 0.1) is 29.5 Å². The van der Waals surface area contributed by atoms with Crippen LogP contribution in [0.5, 0.6) is 0 Å². The molecule has 3 nitrogen and oxygen atoms in total. The maximum atomic E-state index is 13.7. The minimum atomic E-state index is -0.257. The molecule has 0 saturated heterocycles. The molecule has 4 heteroatoms. The summed E-state index contributed by atoms with van der Waals surface area (Å²) in [5.74, 6) is -0.257. The van der Waals surface area contributed by atoms with Crippen LogP contribution in [-0.2, 0) is 0 Å². The molecule has 2 aromatic rings. The van der Waals surface area contributed by atoms with Crippen molar-refractivity contribution in [2.45, 2.75) is 20.3 Å². The molecule has 0 amide bonds. The lowest BCUT2D eigenvalue weighted by atomic mass is 10.2. The van der Waals surface area contributed by atoms with E-state index >= 15 is 0 Å². The summed E-state index contributed by atoms with van der Waals surface area (Å²) in [6, 6.07) is 7.03. The molecule has 19 heavy (non-hydrogen) atoms. The fourth-order valence-corrected chi connectivity index (χ4v) is 1.75. The maximum absolute atomic E-state index is 13.7. The van der Waals surface area contributed by atoms with Crippen LogP contribution < -0.4 is 10.6 Å². The van der Waals surface area contributed by atoms with Crippen molar-refractivity contribution in [1.82, 2.24) is 4.98 Å². The van der Waals surface area contributed by atoms with E-state index in [1.807, 2.05) is 19.1 Å². The van der Waals surface area contributed by atoms with Gasteiger partial charge in [0.25, 0.3) is 0 Å². The number of rotatable bonds is 5. The highest BCUT2D eigenvalue weighted by molar-refractivity contribution is 5.63. The number of hydrogen-bond acceptors (Lipinski definition) is 3. The van der Waals surface area contributed by atoms with Gasteiger partial charge in [0.15, 0.2) is 0 Å². The average molecular weight is 259 g/mol. The summed E-state index contributed by atoms with van der Waals surface area (Å²) in [5.41, 5.74) is 3.06. The molecule has 0 aliphatic carbocycles. The molecule has 0 bridgehead atoms. The van der Waals surface area contributed by atoms with Crippen LogP contribution in [0.3, 0.4) is 0 Å². The Morgan fingerprint density at radius 1 is 1.16 bits per heavy atom. The zero-order valence-electron chi connectivity index (χ0n) is 11.2. The second-order valence-corrected chi connectivity index (χ2v) is 4.50. The molecule has 0 unspecified atom stereocenters. The molecule has 0 aliphatic rings. The molecular weight excluding hydrogens is 241 g/mol. The summed E-state index contributed by atoms with van der Waals surface area (Å²) < 4.78 is 13.7. The van der Waals surface area contributed by atoms with Crippen LogP contribution in [-0.4, -0.2) is 11.5 Å². The van der Waals surface area contributed by atoms with Gasteiger partial charge in [0.1, 0.15) is 5.82 Å². The zero-order valence-corrected chi connectivity index (χ0v) is 11.2. The Morgan fingerprint density at radius 3 is 2.68 bits per heavy atom. The van der Waals surface area contributed by atoms with Gasteiger partial charge in [-0.25, -0.2) is 4.39 Å². The first kappa shape index (κ1) is 13.3. The largest absolute Gasteiger partial charge is 0.384 e. The third kappa shape index (κ3) is 3.68. The lowest BCUT2D eigenvalue weighted by molar-refractivity contribution is 0.630. The Balaban J connectivity index is 2.14. The number of nitrogens with zero attached hydrogens (tertiary/aromatic N) is 1. The molecule has 2 rings (SSSR count). The van der Waals surface area contributed by atoms with Crippen molar-refractivity contribution in [2.75, 3.05) is 17.2 Å². The van der Waals surface area contributed by atoms with Gasteiger partial charge in [-0.3, -0.25) is 4.98 Å². The summed E-state index contributed by atoms with van der Waals surface area (Å²) in [6.45, 7) is 4.86. The summed E-state index contributed by atoms with van der Waals surface area (Å²) in [6.07, 6.45) is 4.48. The van der Waals surface area contributed by atoms with Gasteiger partial charge in [-0.05, 0) is 37.1 Å². The van der Waals surface area contributed by atoms with Gasteiger partial charge in [0.2, 0.25) is 0 Å². The number of halogens is 1.